The first-order valence-electron chi connectivity index (χ1n) is 7.27. The van der Waals surface area contributed by atoms with E-state index in [1.807, 2.05) is 13.8 Å². The molecule has 1 fully saturated rings. The number of nitrogens with zero attached hydrogens (tertiary/aromatic N) is 4. The van der Waals surface area contributed by atoms with Crippen LogP contribution in [0.1, 0.15) is 20.3 Å². The largest absolute Gasteiger partial charge is 0.330 e. The molecule has 2 rings (SSSR count). The highest BCUT2D eigenvalue weighted by Crippen LogP contribution is 2.17. The van der Waals surface area contributed by atoms with Gasteiger partial charge in [0.15, 0.2) is 0 Å². The molecule has 1 aromatic heterocycles. The van der Waals surface area contributed by atoms with Crippen LogP contribution in [0.2, 0.25) is 0 Å². The fourth-order valence-electron chi connectivity index (χ4n) is 2.39. The molecule has 1 aliphatic rings. The third-order valence-corrected chi connectivity index (χ3v) is 4.08. The van der Waals surface area contributed by atoms with Crippen molar-refractivity contribution in [2.24, 2.45) is 18.7 Å². The number of amides is 2. The Balaban J connectivity index is 0.00000242. The highest BCUT2D eigenvalue weighted by atomic mass is 35.5. The van der Waals surface area contributed by atoms with E-state index in [4.69, 9.17) is 5.73 Å². The first-order chi connectivity index (χ1) is 9.93. The Hall–Kier alpha value is -1.60. The standard InChI is InChI=1S/C14H23N5O2.ClH/c1-4-10(2)13(15)14(21)18-5-6-19(12(20)9-18)11-7-16-17(3)8-11;/h7-8,10,13H,4-6,9,15H2,1-3H3;1H. The summed E-state index contributed by atoms with van der Waals surface area (Å²) < 4.78 is 1.65. The van der Waals surface area contributed by atoms with Crippen molar-refractivity contribution >= 4 is 29.9 Å². The van der Waals surface area contributed by atoms with Gasteiger partial charge in [-0.1, -0.05) is 20.3 Å². The van der Waals surface area contributed by atoms with Gasteiger partial charge in [0.25, 0.3) is 0 Å². The van der Waals surface area contributed by atoms with E-state index >= 15 is 0 Å². The molecule has 0 bridgehead atoms. The van der Waals surface area contributed by atoms with Crippen LogP contribution in [0.3, 0.4) is 0 Å². The average Bonchev–Trinajstić information content (AvgIpc) is 2.91. The quantitative estimate of drug-likeness (QED) is 0.866. The number of aryl methyl sites for hydroxylation is 1. The third kappa shape index (κ3) is 3.78. The van der Waals surface area contributed by atoms with Crippen molar-refractivity contribution in [2.75, 3.05) is 24.5 Å². The maximum atomic E-state index is 12.3. The van der Waals surface area contributed by atoms with E-state index in [9.17, 15) is 9.59 Å². The Morgan fingerprint density at radius 3 is 2.64 bits per heavy atom. The Bertz CT molecular complexity index is 533. The number of carbonyl (C=O) groups excluding carboxylic acids is 2. The second-order valence-electron chi connectivity index (χ2n) is 5.59. The molecule has 2 N–H and O–H groups in total. The van der Waals surface area contributed by atoms with Crippen molar-refractivity contribution in [3.05, 3.63) is 12.4 Å². The number of anilines is 1. The number of halogens is 1. The van der Waals surface area contributed by atoms with Crippen LogP contribution in [0.5, 0.6) is 0 Å². The van der Waals surface area contributed by atoms with Gasteiger partial charge in [-0.05, 0) is 5.92 Å². The lowest BCUT2D eigenvalue weighted by Crippen LogP contribution is -2.56. The summed E-state index contributed by atoms with van der Waals surface area (Å²) in [4.78, 5) is 27.8. The van der Waals surface area contributed by atoms with E-state index in [0.29, 0.717) is 13.1 Å². The van der Waals surface area contributed by atoms with Crippen LogP contribution in [0.4, 0.5) is 5.69 Å². The lowest BCUT2D eigenvalue weighted by molar-refractivity contribution is -0.138. The lowest BCUT2D eigenvalue weighted by atomic mass is 9.98. The van der Waals surface area contributed by atoms with E-state index in [0.717, 1.165) is 12.1 Å². The van der Waals surface area contributed by atoms with Crippen LogP contribution in [-0.4, -0.2) is 52.2 Å². The number of hydrogen-bond donors (Lipinski definition) is 1. The van der Waals surface area contributed by atoms with E-state index in [2.05, 4.69) is 5.10 Å². The van der Waals surface area contributed by atoms with Gasteiger partial charge in [0, 0.05) is 26.3 Å². The zero-order valence-corrected chi connectivity index (χ0v) is 14.0. The van der Waals surface area contributed by atoms with Crippen LogP contribution in [0.15, 0.2) is 12.4 Å². The summed E-state index contributed by atoms with van der Waals surface area (Å²) in [6.07, 6.45) is 4.29. The van der Waals surface area contributed by atoms with Gasteiger partial charge in [0.2, 0.25) is 11.8 Å². The molecule has 0 aromatic carbocycles. The van der Waals surface area contributed by atoms with Gasteiger partial charge in [-0.3, -0.25) is 14.3 Å². The number of hydrogen-bond acceptors (Lipinski definition) is 4. The SMILES string of the molecule is CCC(C)C(N)C(=O)N1CCN(c2cnn(C)c2)C(=O)C1.Cl. The molecular formula is C14H24ClN5O2. The molecule has 2 amide bonds. The van der Waals surface area contributed by atoms with Crippen molar-refractivity contribution in [3.8, 4) is 0 Å². The molecule has 1 aromatic rings. The van der Waals surface area contributed by atoms with Gasteiger partial charge in [-0.2, -0.15) is 5.10 Å². The monoisotopic (exact) mass is 329 g/mol. The van der Waals surface area contributed by atoms with Gasteiger partial charge in [-0.25, -0.2) is 0 Å². The van der Waals surface area contributed by atoms with Crippen LogP contribution < -0.4 is 10.6 Å². The minimum absolute atomic E-state index is 0. The fourth-order valence-corrected chi connectivity index (χ4v) is 2.39. The Morgan fingerprint density at radius 2 is 2.14 bits per heavy atom. The predicted octanol–water partition coefficient (Wildman–Crippen LogP) is 0.391. The number of piperazine rings is 1. The Kier molecular flexibility index (Phi) is 6.37. The fraction of sp³-hybridized carbons (Fsp3) is 0.643. The summed E-state index contributed by atoms with van der Waals surface area (Å²) in [5.41, 5.74) is 6.73. The summed E-state index contributed by atoms with van der Waals surface area (Å²) in [5.74, 6) is -0.119. The summed E-state index contributed by atoms with van der Waals surface area (Å²) in [7, 11) is 1.80. The van der Waals surface area contributed by atoms with E-state index in [1.165, 1.54) is 0 Å². The summed E-state index contributed by atoms with van der Waals surface area (Å²) in [6, 6.07) is -0.534. The highest BCUT2D eigenvalue weighted by Gasteiger charge is 2.32. The minimum Gasteiger partial charge on any atom is -0.330 e. The van der Waals surface area contributed by atoms with Crippen molar-refractivity contribution in [1.29, 1.82) is 0 Å². The lowest BCUT2D eigenvalue weighted by Gasteiger charge is -2.35. The summed E-state index contributed by atoms with van der Waals surface area (Å²) in [5, 5.41) is 4.07. The number of aromatic nitrogens is 2. The zero-order chi connectivity index (χ0) is 15.6. The van der Waals surface area contributed by atoms with Crippen molar-refractivity contribution in [3.63, 3.8) is 0 Å². The predicted molar refractivity (Wildman–Crippen MR) is 86.8 cm³/mol. The molecule has 0 saturated carbocycles. The van der Waals surface area contributed by atoms with Gasteiger partial charge in [0.05, 0.1) is 17.9 Å². The molecule has 8 heteroatoms. The molecule has 7 nitrogen and oxygen atoms in total. The second-order valence-corrected chi connectivity index (χ2v) is 5.59. The molecule has 1 aliphatic heterocycles. The third-order valence-electron chi connectivity index (χ3n) is 4.08. The average molecular weight is 330 g/mol. The molecule has 0 radical (unpaired) electrons. The number of nitrogens with two attached hydrogens (primary N) is 1. The minimum atomic E-state index is -0.534. The van der Waals surface area contributed by atoms with Gasteiger partial charge in [0.1, 0.15) is 6.54 Å². The molecule has 1 saturated heterocycles. The first-order valence-corrected chi connectivity index (χ1v) is 7.27. The van der Waals surface area contributed by atoms with Crippen molar-refractivity contribution < 1.29 is 9.59 Å². The van der Waals surface area contributed by atoms with E-state index in [1.54, 1.807) is 33.9 Å². The molecule has 0 spiro atoms. The first kappa shape index (κ1) is 18.4. The van der Waals surface area contributed by atoms with Crippen molar-refractivity contribution in [2.45, 2.75) is 26.3 Å². The number of rotatable bonds is 4. The van der Waals surface area contributed by atoms with Crippen molar-refractivity contribution in [1.82, 2.24) is 14.7 Å². The molecule has 2 unspecified atom stereocenters. The molecule has 2 heterocycles. The number of carbonyl (C=O) groups is 2. The molecule has 124 valence electrons. The molecule has 22 heavy (non-hydrogen) atoms. The normalized spacial score (nSPS) is 17.9. The highest BCUT2D eigenvalue weighted by molar-refractivity contribution is 5.98. The summed E-state index contributed by atoms with van der Waals surface area (Å²) >= 11 is 0. The Labute approximate surface area is 136 Å². The molecular weight excluding hydrogens is 306 g/mol. The van der Waals surface area contributed by atoms with Crippen LogP contribution in [-0.2, 0) is 16.6 Å². The zero-order valence-electron chi connectivity index (χ0n) is 13.2. The topological polar surface area (TPSA) is 84.5 Å². The summed E-state index contributed by atoms with van der Waals surface area (Å²) in [6.45, 7) is 5.02. The van der Waals surface area contributed by atoms with Crippen LogP contribution >= 0.6 is 12.4 Å². The second kappa shape index (κ2) is 7.60. The Morgan fingerprint density at radius 1 is 1.45 bits per heavy atom. The van der Waals surface area contributed by atoms with Gasteiger partial charge < -0.3 is 15.5 Å². The van der Waals surface area contributed by atoms with Gasteiger partial charge >= 0.3 is 0 Å². The molecule has 0 aliphatic carbocycles. The smallest absolute Gasteiger partial charge is 0.246 e. The van der Waals surface area contributed by atoms with Gasteiger partial charge in [-0.15, -0.1) is 12.4 Å². The maximum Gasteiger partial charge on any atom is 0.246 e. The van der Waals surface area contributed by atoms with E-state index < -0.39 is 6.04 Å². The van der Waals surface area contributed by atoms with E-state index in [-0.39, 0.29) is 36.7 Å². The van der Waals surface area contributed by atoms with Crippen LogP contribution in [0, 0.1) is 5.92 Å². The molecule has 2 atom stereocenters. The van der Waals surface area contributed by atoms with Crippen LogP contribution in [0.25, 0.3) is 0 Å². The maximum absolute atomic E-state index is 12.3.